The molecule has 0 aliphatic rings. The monoisotopic (exact) mass is 552 g/mol. The first-order valence-corrected chi connectivity index (χ1v) is 13.3. The molecule has 0 saturated heterocycles. The summed E-state index contributed by atoms with van der Waals surface area (Å²) < 4.78 is 6.49. The molecule has 0 bridgehead atoms. The van der Waals surface area contributed by atoms with Crippen LogP contribution in [0.4, 0.5) is 0 Å². The number of nitrogens with one attached hydrogen (secondary N) is 1. The van der Waals surface area contributed by atoms with E-state index in [-0.39, 0.29) is 56.9 Å². The van der Waals surface area contributed by atoms with Crippen molar-refractivity contribution in [3.8, 4) is 22.5 Å². The van der Waals surface area contributed by atoms with Crippen molar-refractivity contribution >= 4 is 62.7 Å². The van der Waals surface area contributed by atoms with E-state index in [9.17, 15) is 9.59 Å². The van der Waals surface area contributed by atoms with Gasteiger partial charge < -0.3 is 0 Å². The zero-order valence-corrected chi connectivity index (χ0v) is 21.7. The van der Waals surface area contributed by atoms with Gasteiger partial charge in [0.05, 0.1) is 12.2 Å². The molecule has 0 unspecified atom stereocenters. The van der Waals surface area contributed by atoms with E-state index < -0.39 is 5.76 Å². The van der Waals surface area contributed by atoms with E-state index in [1.165, 1.54) is 0 Å². The van der Waals surface area contributed by atoms with Gasteiger partial charge in [0.2, 0.25) is 0 Å². The van der Waals surface area contributed by atoms with Gasteiger partial charge in [-0.15, -0.1) is 11.3 Å². The van der Waals surface area contributed by atoms with Crippen LogP contribution in [0.1, 0.15) is 47.3 Å². The van der Waals surface area contributed by atoms with Crippen LogP contribution in [0, 0.1) is 6.92 Å². The minimum atomic E-state index is -0.588. The van der Waals surface area contributed by atoms with Gasteiger partial charge in [0.15, 0.2) is 5.82 Å². The first-order chi connectivity index (χ1) is 18.0. The molecule has 0 spiro atoms. The Morgan fingerprint density at radius 1 is 1.00 bits per heavy atom. The second kappa shape index (κ2) is 13.1. The standard InChI is InChI=1S/C29H28N4O3S.K.H/c1-3-4-11-26-25(28(34)33(19(2)30-26)18-22-8-7-16-37-22)17-20-12-14-21(15-13-20)23-9-5-6-10-24(23)27-31-29(35)36-32-27;;/h5-10,12-16H,3-4,11,17-18H2,1-2H3,(H,31,32,35);;. The molecular weight excluding hydrogens is 524 g/mol. The van der Waals surface area contributed by atoms with Crippen molar-refractivity contribution in [2.45, 2.75) is 46.1 Å². The molecule has 0 atom stereocenters. The Morgan fingerprint density at radius 2 is 1.76 bits per heavy atom. The molecule has 0 aliphatic heterocycles. The van der Waals surface area contributed by atoms with E-state index in [0.29, 0.717) is 18.8 Å². The summed E-state index contributed by atoms with van der Waals surface area (Å²) in [5.74, 6) is 0.559. The molecule has 9 heteroatoms. The van der Waals surface area contributed by atoms with Gasteiger partial charge in [-0.25, -0.2) is 9.78 Å². The first-order valence-electron chi connectivity index (χ1n) is 12.4. The van der Waals surface area contributed by atoms with Gasteiger partial charge in [-0.3, -0.25) is 18.9 Å². The SMILES string of the molecule is CCCCc1nc(C)n(Cc2cccs2)c(=O)c1Cc1ccc(-c2ccccc2-c2noc(=O)[nH]2)cc1.[KH]. The number of unbranched alkanes of at least 4 members (excludes halogenated alkanes) is 1. The molecule has 1 N–H and O–H groups in total. The van der Waals surface area contributed by atoms with Crippen LogP contribution in [0.2, 0.25) is 0 Å². The quantitative estimate of drug-likeness (QED) is 0.261. The number of benzene rings is 2. The normalized spacial score (nSPS) is 10.9. The molecule has 0 amide bonds. The number of hydrogen-bond acceptors (Lipinski definition) is 6. The topological polar surface area (TPSA) is 93.8 Å². The molecule has 0 aliphatic carbocycles. The van der Waals surface area contributed by atoms with E-state index in [1.807, 2.05) is 73.0 Å². The van der Waals surface area contributed by atoms with Crippen molar-refractivity contribution in [1.82, 2.24) is 19.7 Å². The third-order valence-corrected chi connectivity index (χ3v) is 7.33. The van der Waals surface area contributed by atoms with Gasteiger partial charge in [0.1, 0.15) is 5.82 Å². The average Bonchev–Trinajstić information content (AvgIpc) is 3.59. The third kappa shape index (κ3) is 6.41. The average molecular weight is 553 g/mol. The first kappa shape index (κ1) is 28.6. The molecule has 38 heavy (non-hydrogen) atoms. The summed E-state index contributed by atoms with van der Waals surface area (Å²) in [6.07, 6.45) is 3.36. The Bertz CT molecular complexity index is 1620. The molecule has 3 heterocycles. The number of nitrogens with zero attached hydrogens (tertiary/aromatic N) is 3. The Balaban J connectivity index is 0.00000336. The zero-order chi connectivity index (χ0) is 25.8. The van der Waals surface area contributed by atoms with Crippen LogP contribution < -0.4 is 11.3 Å². The van der Waals surface area contributed by atoms with Crippen LogP contribution in [0.15, 0.2) is 80.2 Å². The van der Waals surface area contributed by atoms with E-state index in [4.69, 9.17) is 9.51 Å². The molecule has 0 radical (unpaired) electrons. The van der Waals surface area contributed by atoms with Crippen LogP contribution in [0.5, 0.6) is 0 Å². The van der Waals surface area contributed by atoms with E-state index in [0.717, 1.165) is 63.5 Å². The van der Waals surface area contributed by atoms with Crippen molar-refractivity contribution in [3.63, 3.8) is 0 Å². The maximum atomic E-state index is 13.7. The number of aryl methyl sites for hydroxylation is 2. The molecule has 3 aromatic heterocycles. The van der Waals surface area contributed by atoms with Gasteiger partial charge in [0, 0.05) is 22.4 Å². The summed E-state index contributed by atoms with van der Waals surface area (Å²) in [6.45, 7) is 4.61. The maximum absolute atomic E-state index is 13.7. The molecular formula is C29H29KN4O3S. The van der Waals surface area contributed by atoms with E-state index >= 15 is 0 Å². The van der Waals surface area contributed by atoms with Crippen molar-refractivity contribution in [1.29, 1.82) is 0 Å². The van der Waals surface area contributed by atoms with Crippen molar-refractivity contribution in [2.24, 2.45) is 0 Å². The zero-order valence-electron chi connectivity index (χ0n) is 20.9. The van der Waals surface area contributed by atoms with Crippen LogP contribution in [0.25, 0.3) is 22.5 Å². The van der Waals surface area contributed by atoms with Crippen LogP contribution in [0.3, 0.4) is 0 Å². The Labute approximate surface area is 267 Å². The molecule has 0 saturated carbocycles. The molecule has 0 fully saturated rings. The molecule has 7 nitrogen and oxygen atoms in total. The van der Waals surface area contributed by atoms with Gasteiger partial charge in [-0.1, -0.05) is 73.1 Å². The third-order valence-electron chi connectivity index (χ3n) is 6.47. The summed E-state index contributed by atoms with van der Waals surface area (Å²) in [4.78, 5) is 33.8. The van der Waals surface area contributed by atoms with Crippen molar-refractivity contribution < 1.29 is 4.52 Å². The van der Waals surface area contributed by atoms with Gasteiger partial charge in [-0.05, 0) is 47.9 Å². The summed E-state index contributed by atoms with van der Waals surface area (Å²) in [5, 5.41) is 5.87. The van der Waals surface area contributed by atoms with Gasteiger partial charge >= 0.3 is 57.1 Å². The molecule has 190 valence electrons. The Morgan fingerprint density at radius 3 is 2.42 bits per heavy atom. The number of thiophene rings is 1. The van der Waals surface area contributed by atoms with Crippen LogP contribution >= 0.6 is 11.3 Å². The minimum absolute atomic E-state index is 0. The fourth-order valence-electron chi connectivity index (χ4n) is 4.52. The van der Waals surface area contributed by atoms with Gasteiger partial charge in [0.25, 0.3) is 5.56 Å². The van der Waals surface area contributed by atoms with E-state index in [1.54, 1.807) is 15.9 Å². The Hall–Kier alpha value is -2.40. The second-order valence-corrected chi connectivity index (χ2v) is 10.1. The summed E-state index contributed by atoms with van der Waals surface area (Å²) in [5.41, 5.74) is 5.43. The van der Waals surface area contributed by atoms with Crippen molar-refractivity contribution in [2.75, 3.05) is 0 Å². The van der Waals surface area contributed by atoms with E-state index in [2.05, 4.69) is 17.1 Å². The predicted molar refractivity (Wildman–Crippen MR) is 153 cm³/mol. The number of aromatic amines is 1. The summed E-state index contributed by atoms with van der Waals surface area (Å²) in [7, 11) is 0. The fourth-order valence-corrected chi connectivity index (χ4v) is 5.22. The molecule has 2 aromatic carbocycles. The summed E-state index contributed by atoms with van der Waals surface area (Å²) >= 11 is 1.65. The number of hydrogen-bond donors (Lipinski definition) is 1. The Kier molecular flexibility index (Phi) is 9.86. The number of aromatic nitrogens is 4. The second-order valence-electron chi connectivity index (χ2n) is 9.02. The van der Waals surface area contributed by atoms with Crippen molar-refractivity contribution in [3.05, 3.63) is 114 Å². The van der Waals surface area contributed by atoms with Crippen LogP contribution in [-0.4, -0.2) is 71.1 Å². The molecule has 5 rings (SSSR count). The fraction of sp³-hybridized carbons (Fsp3) is 0.241. The van der Waals surface area contributed by atoms with Gasteiger partial charge in [-0.2, -0.15) is 0 Å². The number of rotatable bonds is 9. The summed E-state index contributed by atoms with van der Waals surface area (Å²) in [6, 6.07) is 19.9. The number of H-pyrrole nitrogens is 1. The van der Waals surface area contributed by atoms with Crippen LogP contribution in [-0.2, 0) is 19.4 Å². The predicted octanol–water partition coefficient (Wildman–Crippen LogP) is 4.96. The molecule has 5 aromatic rings.